The summed E-state index contributed by atoms with van der Waals surface area (Å²) < 4.78 is 11.3. The van der Waals surface area contributed by atoms with E-state index in [4.69, 9.17) is 8.23 Å². The predicted octanol–water partition coefficient (Wildman–Crippen LogP) is 2.46. The number of unbranched alkanes of at least 4 members (excludes halogenated alkanes) is 1. The molecule has 0 N–H and O–H groups in total. The van der Waals surface area contributed by atoms with Crippen molar-refractivity contribution < 1.29 is 8.23 Å². The Bertz CT molecular complexity index is 278. The lowest BCUT2D eigenvalue weighted by Gasteiger charge is -2.54. The second-order valence-corrected chi connectivity index (χ2v) is 14.3. The van der Waals surface area contributed by atoms with E-state index in [1.54, 1.807) is 0 Å². The zero-order chi connectivity index (χ0) is 16.0. The van der Waals surface area contributed by atoms with Gasteiger partial charge in [0.05, 0.1) is 0 Å². The SMILES string of the molecule is CCCCC(C)C(C)(C)C(C)(C)C(C)(C)[SiH2]O[SiH2]O[SiH3]. The van der Waals surface area contributed by atoms with Crippen molar-refractivity contribution in [3.05, 3.63) is 0 Å². The summed E-state index contributed by atoms with van der Waals surface area (Å²) in [5.41, 5.74) is 0.602. The third kappa shape index (κ3) is 4.80. The first-order chi connectivity index (χ1) is 9.04. The quantitative estimate of drug-likeness (QED) is 0.451. The van der Waals surface area contributed by atoms with E-state index in [2.05, 4.69) is 55.4 Å². The zero-order valence-electron chi connectivity index (χ0n) is 15.4. The summed E-state index contributed by atoms with van der Waals surface area (Å²) in [6, 6.07) is 0. The molecule has 0 aliphatic rings. The van der Waals surface area contributed by atoms with E-state index in [9.17, 15) is 0 Å². The van der Waals surface area contributed by atoms with Crippen molar-refractivity contribution >= 4 is 30.3 Å². The van der Waals surface area contributed by atoms with Gasteiger partial charge < -0.3 is 8.23 Å². The molecule has 0 spiro atoms. The third-order valence-corrected chi connectivity index (χ3v) is 10.2. The first-order valence-corrected chi connectivity index (χ1v) is 11.4. The van der Waals surface area contributed by atoms with Crippen LogP contribution in [0.25, 0.3) is 0 Å². The molecule has 0 radical (unpaired) electrons. The van der Waals surface area contributed by atoms with Crippen molar-refractivity contribution in [2.45, 2.75) is 79.7 Å². The van der Waals surface area contributed by atoms with Crippen LogP contribution >= 0.6 is 0 Å². The fourth-order valence-corrected chi connectivity index (χ4v) is 8.28. The number of hydrogen-bond donors (Lipinski definition) is 0. The molecule has 5 heteroatoms. The van der Waals surface area contributed by atoms with Crippen molar-refractivity contribution in [1.82, 2.24) is 0 Å². The first kappa shape index (κ1) is 20.6. The van der Waals surface area contributed by atoms with Gasteiger partial charge in [0.1, 0.15) is 10.5 Å². The average Bonchev–Trinajstić information content (AvgIpc) is 2.35. The van der Waals surface area contributed by atoms with Crippen LogP contribution in [0.2, 0.25) is 5.04 Å². The molecule has 0 fully saturated rings. The smallest absolute Gasteiger partial charge is 0.282 e. The summed E-state index contributed by atoms with van der Waals surface area (Å²) in [5, 5.41) is 0.296. The van der Waals surface area contributed by atoms with Crippen molar-refractivity contribution in [1.29, 1.82) is 0 Å². The van der Waals surface area contributed by atoms with E-state index in [-0.39, 0.29) is 5.41 Å². The molecule has 0 saturated heterocycles. The van der Waals surface area contributed by atoms with E-state index >= 15 is 0 Å². The summed E-state index contributed by atoms with van der Waals surface area (Å²) in [7, 11) is -0.390. The molecule has 1 unspecified atom stereocenters. The maximum absolute atomic E-state index is 5.98. The van der Waals surface area contributed by atoms with Crippen LogP contribution in [0.4, 0.5) is 0 Å². The molecule has 20 heavy (non-hydrogen) atoms. The summed E-state index contributed by atoms with van der Waals surface area (Å²) in [5.74, 6) is 0.748. The Balaban J connectivity index is 4.95. The third-order valence-electron chi connectivity index (χ3n) is 6.19. The highest BCUT2D eigenvalue weighted by Crippen LogP contribution is 2.58. The van der Waals surface area contributed by atoms with Crippen LogP contribution in [-0.2, 0) is 8.23 Å². The van der Waals surface area contributed by atoms with Gasteiger partial charge in [-0.05, 0) is 21.8 Å². The standard InChI is InChI=1S/C15H38O2Si3/c1-9-10-11-12(2)13(3,4)14(5,6)15(7,8)19-17-20-16-18/h12H,9-11,19-20H2,1-8,18H3. The van der Waals surface area contributed by atoms with Crippen molar-refractivity contribution in [3.8, 4) is 0 Å². The van der Waals surface area contributed by atoms with Gasteiger partial charge >= 0.3 is 0 Å². The molecule has 0 rings (SSSR count). The molecule has 0 bridgehead atoms. The minimum atomic E-state index is -0.669. The molecule has 0 aliphatic carbocycles. The summed E-state index contributed by atoms with van der Waals surface area (Å²) in [6.45, 7) is 19.4. The van der Waals surface area contributed by atoms with Crippen LogP contribution < -0.4 is 0 Å². The Morgan fingerprint density at radius 1 is 1.10 bits per heavy atom. The molecule has 0 aromatic heterocycles. The minimum Gasteiger partial charge on any atom is -0.449 e. The molecule has 0 aromatic carbocycles. The highest BCUT2D eigenvalue weighted by molar-refractivity contribution is 6.44. The van der Waals surface area contributed by atoms with Crippen molar-refractivity contribution in [2.24, 2.45) is 16.7 Å². The molecular formula is C15H38O2Si3. The van der Waals surface area contributed by atoms with Crippen LogP contribution in [0.15, 0.2) is 0 Å². The Morgan fingerprint density at radius 2 is 1.65 bits per heavy atom. The zero-order valence-corrected chi connectivity index (χ0v) is 20.3. The lowest BCUT2D eigenvalue weighted by Crippen LogP contribution is -2.47. The van der Waals surface area contributed by atoms with Crippen LogP contribution in [0.5, 0.6) is 0 Å². The number of hydrogen-bond acceptors (Lipinski definition) is 2. The van der Waals surface area contributed by atoms with E-state index in [0.717, 1.165) is 16.4 Å². The Hall–Kier alpha value is 0.571. The topological polar surface area (TPSA) is 18.5 Å². The van der Waals surface area contributed by atoms with Gasteiger partial charge in [0.15, 0.2) is 9.76 Å². The van der Waals surface area contributed by atoms with Gasteiger partial charge in [-0.3, -0.25) is 0 Å². The van der Waals surface area contributed by atoms with Gasteiger partial charge in [-0.1, -0.05) is 74.7 Å². The summed E-state index contributed by atoms with van der Waals surface area (Å²) in [6.07, 6.45) is 3.98. The summed E-state index contributed by atoms with van der Waals surface area (Å²) >= 11 is 0. The first-order valence-electron chi connectivity index (χ1n) is 8.11. The largest absolute Gasteiger partial charge is 0.449 e. The predicted molar refractivity (Wildman–Crippen MR) is 99.5 cm³/mol. The average molecular weight is 335 g/mol. The molecule has 122 valence electrons. The fourth-order valence-electron chi connectivity index (χ4n) is 2.92. The summed E-state index contributed by atoms with van der Waals surface area (Å²) in [4.78, 5) is 0. The van der Waals surface area contributed by atoms with Crippen LogP contribution in [0, 0.1) is 16.7 Å². The maximum atomic E-state index is 5.98. The van der Waals surface area contributed by atoms with Gasteiger partial charge in [0, 0.05) is 0 Å². The molecule has 0 amide bonds. The Morgan fingerprint density at radius 3 is 2.10 bits per heavy atom. The van der Waals surface area contributed by atoms with Crippen molar-refractivity contribution in [2.75, 3.05) is 0 Å². The minimum absolute atomic E-state index is 0.277. The lowest BCUT2D eigenvalue weighted by molar-refractivity contribution is 0.00668. The van der Waals surface area contributed by atoms with Gasteiger partial charge in [0.25, 0.3) is 10.0 Å². The molecule has 0 aliphatic heterocycles. The van der Waals surface area contributed by atoms with E-state index in [1.165, 1.54) is 19.3 Å². The van der Waals surface area contributed by atoms with Crippen molar-refractivity contribution in [3.63, 3.8) is 0 Å². The van der Waals surface area contributed by atoms with E-state index in [1.807, 2.05) is 0 Å². The van der Waals surface area contributed by atoms with Gasteiger partial charge in [-0.15, -0.1) is 0 Å². The fraction of sp³-hybridized carbons (Fsp3) is 1.00. The highest BCUT2D eigenvalue weighted by atomic mass is 28.3. The van der Waals surface area contributed by atoms with E-state index < -0.39 is 19.8 Å². The molecule has 0 saturated carbocycles. The van der Waals surface area contributed by atoms with Crippen LogP contribution in [0.1, 0.15) is 74.7 Å². The normalized spacial score (nSPS) is 16.8. The molecule has 0 heterocycles. The Labute approximate surface area is 135 Å². The van der Waals surface area contributed by atoms with Gasteiger partial charge in [-0.25, -0.2) is 0 Å². The highest BCUT2D eigenvalue weighted by Gasteiger charge is 2.50. The number of rotatable bonds is 10. The lowest BCUT2D eigenvalue weighted by atomic mass is 9.56. The van der Waals surface area contributed by atoms with Crippen LogP contribution in [0.3, 0.4) is 0 Å². The second-order valence-electron chi connectivity index (χ2n) is 8.03. The molecule has 1 atom stereocenters. The maximum Gasteiger partial charge on any atom is 0.282 e. The second kappa shape index (κ2) is 8.27. The molecule has 0 aromatic rings. The van der Waals surface area contributed by atoms with Gasteiger partial charge in [0.2, 0.25) is 0 Å². The Kier molecular flexibility index (Phi) is 8.50. The monoisotopic (exact) mass is 334 g/mol. The van der Waals surface area contributed by atoms with E-state index in [0.29, 0.717) is 10.5 Å². The van der Waals surface area contributed by atoms with Gasteiger partial charge in [-0.2, -0.15) is 0 Å². The van der Waals surface area contributed by atoms with Crippen LogP contribution in [-0.4, -0.2) is 30.3 Å². The molecule has 2 nitrogen and oxygen atoms in total. The molecular weight excluding hydrogens is 296 g/mol.